The second-order valence-corrected chi connectivity index (χ2v) is 6.38. The summed E-state index contributed by atoms with van der Waals surface area (Å²) in [4.78, 5) is 11.3. The van der Waals surface area contributed by atoms with Crippen LogP contribution in [0.2, 0.25) is 0 Å². The summed E-state index contributed by atoms with van der Waals surface area (Å²) < 4.78 is 43.2. The van der Waals surface area contributed by atoms with Gasteiger partial charge in [-0.3, -0.25) is 0 Å². The number of hydrogen-bond acceptors (Lipinski definition) is 5. The summed E-state index contributed by atoms with van der Waals surface area (Å²) in [6.07, 6.45) is 0. The molecule has 22 heavy (non-hydrogen) atoms. The summed E-state index contributed by atoms with van der Waals surface area (Å²) in [7, 11) is -3.95. The number of carbonyl (C=O) groups is 1. The van der Waals surface area contributed by atoms with Crippen molar-refractivity contribution in [3.05, 3.63) is 53.8 Å². The number of anilines is 1. The Bertz CT molecular complexity index is 818. The van der Waals surface area contributed by atoms with E-state index < -0.39 is 21.6 Å². The van der Waals surface area contributed by atoms with Gasteiger partial charge in [0, 0.05) is 0 Å². The molecule has 5 nitrogen and oxygen atoms in total. The Balaban J connectivity index is 2.47. The Labute approximate surface area is 127 Å². The highest BCUT2D eigenvalue weighted by Gasteiger charge is 2.20. The van der Waals surface area contributed by atoms with E-state index in [1.165, 1.54) is 36.4 Å². The molecule has 0 atom stereocenters. The van der Waals surface area contributed by atoms with Crippen molar-refractivity contribution in [3.8, 4) is 0 Å². The van der Waals surface area contributed by atoms with E-state index in [4.69, 9.17) is 10.5 Å². The molecule has 0 unspecified atom stereocenters. The van der Waals surface area contributed by atoms with Crippen LogP contribution in [0, 0.1) is 5.82 Å². The topological polar surface area (TPSA) is 86.5 Å². The van der Waals surface area contributed by atoms with Gasteiger partial charge in [-0.05, 0) is 43.3 Å². The van der Waals surface area contributed by atoms with E-state index in [0.717, 1.165) is 6.07 Å². The summed E-state index contributed by atoms with van der Waals surface area (Å²) in [5.74, 6) is -1.44. The van der Waals surface area contributed by atoms with E-state index >= 15 is 0 Å². The van der Waals surface area contributed by atoms with Gasteiger partial charge in [-0.2, -0.15) is 0 Å². The molecule has 0 aliphatic carbocycles. The van der Waals surface area contributed by atoms with Crippen LogP contribution in [0.3, 0.4) is 0 Å². The molecule has 0 radical (unpaired) electrons. The Kier molecular flexibility index (Phi) is 4.46. The monoisotopic (exact) mass is 323 g/mol. The van der Waals surface area contributed by atoms with E-state index in [2.05, 4.69) is 0 Å². The van der Waals surface area contributed by atoms with Crippen LogP contribution < -0.4 is 5.73 Å². The highest BCUT2D eigenvalue weighted by atomic mass is 32.2. The third kappa shape index (κ3) is 3.09. The van der Waals surface area contributed by atoms with Gasteiger partial charge in [0.25, 0.3) is 0 Å². The molecule has 0 aliphatic heterocycles. The number of rotatable bonds is 4. The normalized spacial score (nSPS) is 11.2. The first-order valence-electron chi connectivity index (χ1n) is 6.43. The highest BCUT2D eigenvalue weighted by molar-refractivity contribution is 7.91. The van der Waals surface area contributed by atoms with Crippen LogP contribution in [0.25, 0.3) is 0 Å². The van der Waals surface area contributed by atoms with Crippen molar-refractivity contribution in [3.63, 3.8) is 0 Å². The van der Waals surface area contributed by atoms with Gasteiger partial charge in [-0.1, -0.05) is 6.07 Å². The minimum Gasteiger partial charge on any atom is -0.462 e. The van der Waals surface area contributed by atoms with Crippen molar-refractivity contribution >= 4 is 21.5 Å². The first kappa shape index (κ1) is 16.0. The lowest BCUT2D eigenvalue weighted by Crippen LogP contribution is -2.08. The van der Waals surface area contributed by atoms with E-state index in [9.17, 15) is 17.6 Å². The zero-order valence-electron chi connectivity index (χ0n) is 11.7. The molecule has 2 N–H and O–H groups in total. The fourth-order valence-electron chi connectivity index (χ4n) is 1.82. The van der Waals surface area contributed by atoms with Crippen LogP contribution in [-0.4, -0.2) is 21.0 Å². The zero-order chi connectivity index (χ0) is 16.3. The third-order valence-corrected chi connectivity index (χ3v) is 4.69. The number of nitrogen functional groups attached to an aromatic ring is 1. The average molecular weight is 323 g/mol. The predicted octanol–water partition coefficient (Wildman–Crippen LogP) is 2.42. The first-order chi connectivity index (χ1) is 10.4. The van der Waals surface area contributed by atoms with Gasteiger partial charge in [-0.25, -0.2) is 17.6 Å². The van der Waals surface area contributed by atoms with Crippen molar-refractivity contribution in [2.45, 2.75) is 16.7 Å². The number of halogens is 1. The third-order valence-electron chi connectivity index (χ3n) is 2.94. The number of carbonyl (C=O) groups excluding carboxylic acids is 1. The van der Waals surface area contributed by atoms with Crippen LogP contribution in [-0.2, 0) is 14.6 Å². The smallest absolute Gasteiger partial charge is 0.338 e. The molecule has 116 valence electrons. The van der Waals surface area contributed by atoms with E-state index in [0.29, 0.717) is 0 Å². The molecular formula is C15H14FNO4S. The van der Waals surface area contributed by atoms with Gasteiger partial charge < -0.3 is 10.5 Å². The molecule has 0 amide bonds. The van der Waals surface area contributed by atoms with Crippen molar-refractivity contribution in [1.29, 1.82) is 0 Å². The standard InChI is InChI=1S/C15H14FNO4S/c1-2-21-15(18)10-4-3-5-11(8-10)22(19,20)12-6-7-14(17)13(16)9-12/h3-9H,2,17H2,1H3. The number of hydrogen-bond donors (Lipinski definition) is 1. The largest absolute Gasteiger partial charge is 0.462 e. The van der Waals surface area contributed by atoms with Crippen LogP contribution in [0.5, 0.6) is 0 Å². The van der Waals surface area contributed by atoms with Crippen molar-refractivity contribution in [2.24, 2.45) is 0 Å². The van der Waals surface area contributed by atoms with Crippen molar-refractivity contribution < 1.29 is 22.3 Å². The maximum atomic E-state index is 13.5. The van der Waals surface area contributed by atoms with Crippen LogP contribution in [0.1, 0.15) is 17.3 Å². The summed E-state index contributed by atoms with van der Waals surface area (Å²) in [5, 5.41) is 0. The minimum absolute atomic E-state index is 0.110. The quantitative estimate of drug-likeness (QED) is 0.690. The Hall–Kier alpha value is -2.41. The molecule has 0 saturated carbocycles. The lowest BCUT2D eigenvalue weighted by Gasteiger charge is -2.07. The summed E-state index contributed by atoms with van der Waals surface area (Å²) in [6.45, 7) is 1.83. The Morgan fingerprint density at radius 2 is 1.86 bits per heavy atom. The predicted molar refractivity (Wildman–Crippen MR) is 78.7 cm³/mol. The molecule has 0 fully saturated rings. The number of esters is 1. The molecule has 0 heterocycles. The van der Waals surface area contributed by atoms with Crippen LogP contribution in [0.15, 0.2) is 52.3 Å². The molecular weight excluding hydrogens is 309 g/mol. The van der Waals surface area contributed by atoms with E-state index in [1.807, 2.05) is 0 Å². The Morgan fingerprint density at radius 3 is 2.50 bits per heavy atom. The first-order valence-corrected chi connectivity index (χ1v) is 7.92. The number of benzene rings is 2. The van der Waals surface area contributed by atoms with Gasteiger partial charge in [0.2, 0.25) is 9.84 Å². The average Bonchev–Trinajstić information content (AvgIpc) is 2.50. The van der Waals surface area contributed by atoms with Gasteiger partial charge in [-0.15, -0.1) is 0 Å². The molecule has 2 aromatic rings. The molecule has 0 aromatic heterocycles. The zero-order valence-corrected chi connectivity index (χ0v) is 12.6. The van der Waals surface area contributed by atoms with Crippen molar-refractivity contribution in [2.75, 3.05) is 12.3 Å². The second kappa shape index (κ2) is 6.15. The molecule has 7 heteroatoms. The summed E-state index contributed by atoms with van der Waals surface area (Å²) in [5.41, 5.74) is 5.31. The van der Waals surface area contributed by atoms with E-state index in [1.54, 1.807) is 6.92 Å². The van der Waals surface area contributed by atoms with Gasteiger partial charge in [0.1, 0.15) is 5.82 Å². The molecule has 0 saturated heterocycles. The maximum Gasteiger partial charge on any atom is 0.338 e. The maximum absolute atomic E-state index is 13.5. The van der Waals surface area contributed by atoms with Gasteiger partial charge in [0.15, 0.2) is 0 Å². The summed E-state index contributed by atoms with van der Waals surface area (Å²) >= 11 is 0. The molecule has 0 aliphatic rings. The van der Waals surface area contributed by atoms with Gasteiger partial charge in [0.05, 0.1) is 27.6 Å². The molecule has 0 spiro atoms. The fourth-order valence-corrected chi connectivity index (χ4v) is 3.13. The van der Waals surface area contributed by atoms with Crippen molar-refractivity contribution in [1.82, 2.24) is 0 Å². The molecule has 0 bridgehead atoms. The number of nitrogens with two attached hydrogens (primary N) is 1. The minimum atomic E-state index is -3.95. The number of sulfone groups is 1. The van der Waals surface area contributed by atoms with Gasteiger partial charge >= 0.3 is 5.97 Å². The SMILES string of the molecule is CCOC(=O)c1cccc(S(=O)(=O)c2ccc(N)c(F)c2)c1. The highest BCUT2D eigenvalue weighted by Crippen LogP contribution is 2.24. The van der Waals surface area contributed by atoms with Crippen LogP contribution >= 0.6 is 0 Å². The fraction of sp³-hybridized carbons (Fsp3) is 0.133. The number of ether oxygens (including phenoxy) is 1. The lowest BCUT2D eigenvalue weighted by molar-refractivity contribution is 0.0526. The molecule has 2 aromatic carbocycles. The van der Waals surface area contributed by atoms with Crippen LogP contribution in [0.4, 0.5) is 10.1 Å². The lowest BCUT2D eigenvalue weighted by atomic mass is 10.2. The second-order valence-electron chi connectivity index (χ2n) is 4.44. The summed E-state index contributed by atoms with van der Waals surface area (Å²) in [6, 6.07) is 8.63. The van der Waals surface area contributed by atoms with E-state index in [-0.39, 0.29) is 27.6 Å². The molecule has 2 rings (SSSR count). The Morgan fingerprint density at radius 1 is 1.18 bits per heavy atom.